The molecule has 3 rings (SSSR count). The van der Waals surface area contributed by atoms with Crippen molar-refractivity contribution in [2.75, 3.05) is 7.11 Å². The molecular weight excluding hydrogens is 364 g/mol. The Bertz CT molecular complexity index is 1050. The minimum absolute atomic E-state index is 0.0328. The Morgan fingerprint density at radius 1 is 1.03 bits per heavy atom. The van der Waals surface area contributed by atoms with E-state index in [1.165, 1.54) is 10.2 Å². The van der Waals surface area contributed by atoms with Crippen molar-refractivity contribution in [1.29, 1.82) is 0 Å². The molecule has 0 aliphatic heterocycles. The molecule has 0 saturated carbocycles. The number of rotatable bonds is 8. The van der Waals surface area contributed by atoms with Gasteiger partial charge >= 0.3 is 0 Å². The molecule has 0 spiro atoms. The SMILES string of the molecule is CCc1ccc(CC(=O)Cn2nc(C)cc(Cc3ccccc3OC)c2=O)cc1. The van der Waals surface area contributed by atoms with Gasteiger partial charge in [0.2, 0.25) is 0 Å². The summed E-state index contributed by atoms with van der Waals surface area (Å²) in [6, 6.07) is 17.4. The van der Waals surface area contributed by atoms with Gasteiger partial charge in [-0.3, -0.25) is 9.59 Å². The first-order valence-corrected chi connectivity index (χ1v) is 9.79. The van der Waals surface area contributed by atoms with E-state index in [2.05, 4.69) is 12.0 Å². The molecule has 3 aromatic rings. The molecule has 29 heavy (non-hydrogen) atoms. The molecule has 2 aromatic carbocycles. The summed E-state index contributed by atoms with van der Waals surface area (Å²) in [5.74, 6) is 0.692. The van der Waals surface area contributed by atoms with Gasteiger partial charge in [0.25, 0.3) is 5.56 Å². The van der Waals surface area contributed by atoms with Crippen molar-refractivity contribution < 1.29 is 9.53 Å². The second-order valence-electron chi connectivity index (χ2n) is 7.15. The van der Waals surface area contributed by atoms with Gasteiger partial charge < -0.3 is 4.74 Å². The lowest BCUT2D eigenvalue weighted by Crippen LogP contribution is -2.30. The third kappa shape index (κ3) is 5.19. The molecule has 0 amide bonds. The van der Waals surface area contributed by atoms with Crippen LogP contribution in [0.3, 0.4) is 0 Å². The molecule has 5 heteroatoms. The van der Waals surface area contributed by atoms with Crippen LogP contribution in [-0.4, -0.2) is 22.7 Å². The smallest absolute Gasteiger partial charge is 0.270 e. The summed E-state index contributed by atoms with van der Waals surface area (Å²) in [7, 11) is 1.61. The van der Waals surface area contributed by atoms with E-state index in [0.717, 1.165) is 23.3 Å². The zero-order valence-corrected chi connectivity index (χ0v) is 17.1. The Balaban J connectivity index is 1.79. The van der Waals surface area contributed by atoms with Crippen LogP contribution in [0.15, 0.2) is 59.4 Å². The molecule has 0 fully saturated rings. The van der Waals surface area contributed by atoms with Crippen molar-refractivity contribution in [1.82, 2.24) is 9.78 Å². The molecule has 0 atom stereocenters. The molecule has 0 unspecified atom stereocenters. The van der Waals surface area contributed by atoms with Crippen LogP contribution < -0.4 is 10.3 Å². The van der Waals surface area contributed by atoms with E-state index in [1.54, 1.807) is 13.2 Å². The highest BCUT2D eigenvalue weighted by molar-refractivity contribution is 5.80. The molecule has 0 N–H and O–H groups in total. The Morgan fingerprint density at radius 3 is 2.41 bits per heavy atom. The van der Waals surface area contributed by atoms with Gasteiger partial charge in [0.1, 0.15) is 12.3 Å². The third-order valence-electron chi connectivity index (χ3n) is 4.90. The minimum atomic E-state index is -0.240. The number of ether oxygens (including phenoxy) is 1. The molecule has 1 aromatic heterocycles. The molecule has 0 aliphatic rings. The fourth-order valence-corrected chi connectivity index (χ4v) is 3.38. The number of aryl methyl sites for hydroxylation is 2. The predicted octanol–water partition coefficient (Wildman–Crippen LogP) is 3.53. The topological polar surface area (TPSA) is 61.2 Å². The number of hydrogen-bond donors (Lipinski definition) is 0. The summed E-state index contributed by atoms with van der Waals surface area (Å²) >= 11 is 0. The average molecular weight is 390 g/mol. The second kappa shape index (κ2) is 9.32. The number of ketones is 1. The van der Waals surface area contributed by atoms with Crippen molar-refractivity contribution in [3.63, 3.8) is 0 Å². The number of benzene rings is 2. The van der Waals surface area contributed by atoms with Crippen LogP contribution in [0.4, 0.5) is 0 Å². The van der Waals surface area contributed by atoms with E-state index in [4.69, 9.17) is 4.74 Å². The van der Waals surface area contributed by atoms with Gasteiger partial charge in [0.15, 0.2) is 5.78 Å². The maximum absolute atomic E-state index is 12.9. The van der Waals surface area contributed by atoms with Gasteiger partial charge in [-0.25, -0.2) is 4.68 Å². The van der Waals surface area contributed by atoms with E-state index >= 15 is 0 Å². The zero-order valence-electron chi connectivity index (χ0n) is 17.1. The first-order valence-electron chi connectivity index (χ1n) is 9.79. The molecule has 0 bridgehead atoms. The number of para-hydroxylation sites is 1. The van der Waals surface area contributed by atoms with Gasteiger partial charge in [-0.05, 0) is 42.2 Å². The lowest BCUT2D eigenvalue weighted by atomic mass is 10.0. The predicted molar refractivity (Wildman–Crippen MR) is 114 cm³/mol. The van der Waals surface area contributed by atoms with Crippen LogP contribution >= 0.6 is 0 Å². The van der Waals surface area contributed by atoms with Crippen LogP contribution in [0.2, 0.25) is 0 Å². The first kappa shape index (κ1) is 20.5. The number of methoxy groups -OCH3 is 1. The Kier molecular flexibility index (Phi) is 6.60. The molecule has 0 saturated heterocycles. The van der Waals surface area contributed by atoms with Crippen LogP contribution in [0.25, 0.3) is 0 Å². The van der Waals surface area contributed by atoms with Gasteiger partial charge in [0.05, 0.1) is 12.8 Å². The summed E-state index contributed by atoms with van der Waals surface area (Å²) in [6.45, 7) is 3.89. The molecule has 0 aliphatic carbocycles. The van der Waals surface area contributed by atoms with Crippen LogP contribution in [0.5, 0.6) is 5.75 Å². The normalized spacial score (nSPS) is 10.7. The first-order chi connectivity index (χ1) is 14.0. The largest absolute Gasteiger partial charge is 0.496 e. The highest BCUT2D eigenvalue weighted by Crippen LogP contribution is 2.20. The van der Waals surface area contributed by atoms with E-state index in [1.807, 2.05) is 55.5 Å². The second-order valence-corrected chi connectivity index (χ2v) is 7.15. The van der Waals surface area contributed by atoms with Gasteiger partial charge in [-0.2, -0.15) is 5.10 Å². The monoisotopic (exact) mass is 390 g/mol. The van der Waals surface area contributed by atoms with Crippen molar-refractivity contribution in [3.8, 4) is 5.75 Å². The van der Waals surface area contributed by atoms with E-state index in [-0.39, 0.29) is 24.3 Å². The molecular formula is C24H26N2O3. The maximum Gasteiger partial charge on any atom is 0.270 e. The summed E-state index contributed by atoms with van der Waals surface area (Å²) in [4.78, 5) is 25.5. The standard InChI is InChI=1S/C24H26N2O3/c1-4-18-9-11-19(12-10-18)14-22(27)16-26-24(28)21(13-17(2)25-26)15-20-7-5-6-8-23(20)29-3/h5-13H,4,14-16H2,1-3H3. The van der Waals surface area contributed by atoms with Crippen LogP contribution in [-0.2, 0) is 30.6 Å². The number of carbonyl (C=O) groups excluding carboxylic acids is 1. The number of nitrogens with zero attached hydrogens (tertiary/aromatic N) is 2. The van der Waals surface area contributed by atoms with Crippen molar-refractivity contribution in [2.24, 2.45) is 0 Å². The Hall–Kier alpha value is -3.21. The molecule has 5 nitrogen and oxygen atoms in total. The van der Waals surface area contributed by atoms with E-state index in [9.17, 15) is 9.59 Å². The van der Waals surface area contributed by atoms with Crippen molar-refractivity contribution >= 4 is 5.78 Å². The summed E-state index contributed by atoms with van der Waals surface area (Å²) in [5.41, 5.74) is 4.17. The highest BCUT2D eigenvalue weighted by Gasteiger charge is 2.13. The third-order valence-corrected chi connectivity index (χ3v) is 4.90. The fraction of sp³-hybridized carbons (Fsp3) is 0.292. The van der Waals surface area contributed by atoms with Crippen LogP contribution in [0.1, 0.15) is 34.9 Å². The Labute approximate surface area is 171 Å². The molecule has 150 valence electrons. The zero-order chi connectivity index (χ0) is 20.8. The minimum Gasteiger partial charge on any atom is -0.496 e. The van der Waals surface area contributed by atoms with E-state index < -0.39 is 0 Å². The van der Waals surface area contributed by atoms with Crippen molar-refractivity contribution in [3.05, 3.63) is 92.9 Å². The van der Waals surface area contributed by atoms with Gasteiger partial charge in [-0.1, -0.05) is 49.4 Å². The quantitative estimate of drug-likeness (QED) is 0.590. The highest BCUT2D eigenvalue weighted by atomic mass is 16.5. The Morgan fingerprint density at radius 2 is 1.72 bits per heavy atom. The number of carbonyl (C=O) groups is 1. The fourth-order valence-electron chi connectivity index (χ4n) is 3.38. The maximum atomic E-state index is 12.9. The number of aromatic nitrogens is 2. The lowest BCUT2D eigenvalue weighted by Gasteiger charge is -2.11. The average Bonchev–Trinajstić information content (AvgIpc) is 2.72. The number of Topliss-reactive ketones (excluding diaryl/α,β-unsaturated/α-hetero) is 1. The summed E-state index contributed by atoms with van der Waals surface area (Å²) in [5, 5.41) is 4.28. The number of hydrogen-bond acceptors (Lipinski definition) is 4. The lowest BCUT2D eigenvalue weighted by molar-refractivity contribution is -0.119. The summed E-state index contributed by atoms with van der Waals surface area (Å²) in [6.07, 6.45) is 1.68. The molecule has 1 heterocycles. The van der Waals surface area contributed by atoms with Gasteiger partial charge in [-0.15, -0.1) is 0 Å². The summed E-state index contributed by atoms with van der Waals surface area (Å²) < 4.78 is 6.67. The van der Waals surface area contributed by atoms with Crippen molar-refractivity contribution in [2.45, 2.75) is 39.7 Å². The van der Waals surface area contributed by atoms with E-state index in [0.29, 0.717) is 17.7 Å². The van der Waals surface area contributed by atoms with Crippen LogP contribution in [0, 0.1) is 6.92 Å². The molecule has 0 radical (unpaired) electrons. The van der Waals surface area contributed by atoms with Gasteiger partial charge in [0, 0.05) is 18.4 Å².